The van der Waals surface area contributed by atoms with Crippen LogP contribution in [0.15, 0.2) is 28.7 Å². The van der Waals surface area contributed by atoms with Gasteiger partial charge in [-0.15, -0.1) is 0 Å². The summed E-state index contributed by atoms with van der Waals surface area (Å²) in [5.74, 6) is 0. The van der Waals surface area contributed by atoms with Gasteiger partial charge in [0.2, 0.25) is 0 Å². The maximum absolute atomic E-state index is 11.5. The molecule has 16 heavy (non-hydrogen) atoms. The molecule has 88 valence electrons. The fraction of sp³-hybridized carbons (Fsp3) is 0.400. The minimum absolute atomic E-state index is 0.440. The van der Waals surface area contributed by atoms with Gasteiger partial charge in [0.05, 0.1) is 0 Å². The van der Waals surface area contributed by atoms with Gasteiger partial charge in [0.25, 0.3) is 10.2 Å². The molecule has 1 aromatic rings. The molecule has 1 heterocycles. The molecule has 1 fully saturated rings. The Hall–Kier alpha value is -0.430. The molecule has 4 nitrogen and oxygen atoms in total. The van der Waals surface area contributed by atoms with Crippen LogP contribution in [0.1, 0.15) is 5.56 Å². The summed E-state index contributed by atoms with van der Waals surface area (Å²) in [7, 11) is -3.20. The lowest BCUT2D eigenvalue weighted by Crippen LogP contribution is -2.31. The van der Waals surface area contributed by atoms with Gasteiger partial charge in [0, 0.05) is 24.1 Å². The molecule has 0 saturated carbocycles. The van der Waals surface area contributed by atoms with E-state index < -0.39 is 10.2 Å². The van der Waals surface area contributed by atoms with Crippen molar-refractivity contribution in [3.8, 4) is 0 Å². The van der Waals surface area contributed by atoms with E-state index >= 15 is 0 Å². The van der Waals surface area contributed by atoms with Gasteiger partial charge >= 0.3 is 0 Å². The molecule has 0 amide bonds. The molecule has 2 rings (SSSR count). The van der Waals surface area contributed by atoms with Crippen molar-refractivity contribution in [2.75, 3.05) is 19.6 Å². The van der Waals surface area contributed by atoms with Gasteiger partial charge in [0.15, 0.2) is 0 Å². The topological polar surface area (TPSA) is 49.2 Å². The van der Waals surface area contributed by atoms with Crippen molar-refractivity contribution in [2.45, 2.75) is 6.42 Å². The molecule has 0 spiro atoms. The van der Waals surface area contributed by atoms with E-state index in [0.29, 0.717) is 26.1 Å². The van der Waals surface area contributed by atoms with E-state index in [1.165, 1.54) is 4.31 Å². The van der Waals surface area contributed by atoms with Crippen molar-refractivity contribution in [3.63, 3.8) is 0 Å². The largest absolute Gasteiger partial charge is 0.279 e. The summed E-state index contributed by atoms with van der Waals surface area (Å²) in [5, 5.41) is 0. The van der Waals surface area contributed by atoms with Crippen molar-refractivity contribution in [2.24, 2.45) is 0 Å². The number of halogens is 1. The number of nitrogens with one attached hydrogen (secondary N) is 1. The van der Waals surface area contributed by atoms with Gasteiger partial charge in [-0.3, -0.25) is 0 Å². The molecular weight excluding hydrogens is 292 g/mol. The smallest absolute Gasteiger partial charge is 0.202 e. The van der Waals surface area contributed by atoms with Crippen molar-refractivity contribution < 1.29 is 8.42 Å². The predicted octanol–water partition coefficient (Wildman–Crippen LogP) is 1.14. The molecule has 1 aliphatic heterocycles. The average molecular weight is 305 g/mol. The summed E-state index contributed by atoms with van der Waals surface area (Å²) < 4.78 is 27.9. The number of nitrogens with zero attached hydrogens (tertiary/aromatic N) is 1. The Labute approximate surface area is 104 Å². The van der Waals surface area contributed by atoms with E-state index in [2.05, 4.69) is 20.7 Å². The lowest BCUT2D eigenvalue weighted by atomic mass is 10.2. The Morgan fingerprint density at radius 3 is 2.75 bits per heavy atom. The van der Waals surface area contributed by atoms with Gasteiger partial charge in [-0.1, -0.05) is 28.1 Å². The summed E-state index contributed by atoms with van der Waals surface area (Å²) in [4.78, 5) is 0. The molecule has 0 aromatic heterocycles. The van der Waals surface area contributed by atoms with Gasteiger partial charge in [0.1, 0.15) is 0 Å². The van der Waals surface area contributed by atoms with Crippen LogP contribution in [0, 0.1) is 0 Å². The molecule has 0 radical (unpaired) electrons. The molecule has 0 bridgehead atoms. The van der Waals surface area contributed by atoms with Crippen LogP contribution in [-0.4, -0.2) is 32.4 Å². The zero-order chi connectivity index (χ0) is 11.6. The first-order valence-corrected chi connectivity index (χ1v) is 7.30. The minimum atomic E-state index is -3.20. The zero-order valence-corrected chi connectivity index (χ0v) is 11.1. The standard InChI is InChI=1S/C10H13BrN2O2S/c11-10-3-1-2-9(8-10)4-5-12-16(14,15)13-6-7-13/h1-3,8,12H,4-7H2. The first kappa shape index (κ1) is 12.0. The zero-order valence-electron chi connectivity index (χ0n) is 8.69. The first-order chi connectivity index (χ1) is 7.58. The molecule has 1 saturated heterocycles. The second-order valence-electron chi connectivity index (χ2n) is 3.68. The summed E-state index contributed by atoms with van der Waals surface area (Å²) in [6, 6.07) is 7.87. The van der Waals surface area contributed by atoms with Crippen molar-refractivity contribution in [1.29, 1.82) is 0 Å². The number of hydrogen-bond donors (Lipinski definition) is 1. The van der Waals surface area contributed by atoms with E-state index in [-0.39, 0.29) is 0 Å². The molecule has 0 atom stereocenters. The second kappa shape index (κ2) is 4.83. The highest BCUT2D eigenvalue weighted by Crippen LogP contribution is 2.12. The quantitative estimate of drug-likeness (QED) is 0.830. The maximum Gasteiger partial charge on any atom is 0.279 e. The molecule has 1 N–H and O–H groups in total. The van der Waals surface area contributed by atoms with Crippen molar-refractivity contribution in [1.82, 2.24) is 9.03 Å². The van der Waals surface area contributed by atoms with E-state index in [1.807, 2.05) is 24.3 Å². The van der Waals surface area contributed by atoms with E-state index in [0.717, 1.165) is 10.0 Å². The highest BCUT2D eigenvalue weighted by Gasteiger charge is 2.30. The van der Waals surface area contributed by atoms with Crippen LogP contribution in [0.4, 0.5) is 0 Å². The van der Waals surface area contributed by atoms with Crippen LogP contribution in [0.5, 0.6) is 0 Å². The van der Waals surface area contributed by atoms with Crippen LogP contribution in [0.25, 0.3) is 0 Å². The Balaban J connectivity index is 1.84. The summed E-state index contributed by atoms with van der Waals surface area (Å²) >= 11 is 3.38. The monoisotopic (exact) mass is 304 g/mol. The summed E-state index contributed by atoms with van der Waals surface area (Å²) in [5.41, 5.74) is 1.11. The van der Waals surface area contributed by atoms with Crippen LogP contribution in [0.2, 0.25) is 0 Å². The van der Waals surface area contributed by atoms with Gasteiger partial charge in [-0.25, -0.2) is 4.72 Å². The minimum Gasteiger partial charge on any atom is -0.202 e. The molecule has 0 unspecified atom stereocenters. The first-order valence-electron chi connectivity index (χ1n) is 5.07. The molecule has 1 aromatic carbocycles. The van der Waals surface area contributed by atoms with Crippen molar-refractivity contribution in [3.05, 3.63) is 34.3 Å². The molecule has 0 aliphatic carbocycles. The highest BCUT2D eigenvalue weighted by atomic mass is 79.9. The van der Waals surface area contributed by atoms with E-state index in [1.54, 1.807) is 0 Å². The number of hydrogen-bond acceptors (Lipinski definition) is 2. The van der Waals surface area contributed by atoms with E-state index in [9.17, 15) is 8.42 Å². The van der Waals surface area contributed by atoms with Gasteiger partial charge < -0.3 is 0 Å². The van der Waals surface area contributed by atoms with Gasteiger partial charge in [-0.05, 0) is 24.1 Å². The Morgan fingerprint density at radius 1 is 1.38 bits per heavy atom. The summed E-state index contributed by atoms with van der Waals surface area (Å²) in [6.45, 7) is 1.73. The molecule has 6 heteroatoms. The number of rotatable bonds is 5. The predicted molar refractivity (Wildman–Crippen MR) is 66.3 cm³/mol. The molecular formula is C10H13BrN2O2S. The highest BCUT2D eigenvalue weighted by molar-refractivity contribution is 9.10. The third-order valence-electron chi connectivity index (χ3n) is 2.33. The number of benzene rings is 1. The van der Waals surface area contributed by atoms with Crippen LogP contribution in [-0.2, 0) is 16.6 Å². The third-order valence-corrected chi connectivity index (χ3v) is 4.44. The Morgan fingerprint density at radius 2 is 2.12 bits per heavy atom. The lowest BCUT2D eigenvalue weighted by Gasteiger charge is -2.06. The van der Waals surface area contributed by atoms with E-state index in [4.69, 9.17) is 0 Å². The lowest BCUT2D eigenvalue weighted by molar-refractivity contribution is 0.547. The Kier molecular flexibility index (Phi) is 3.63. The maximum atomic E-state index is 11.5. The fourth-order valence-electron chi connectivity index (χ4n) is 1.39. The normalized spacial score (nSPS) is 16.3. The van der Waals surface area contributed by atoms with Crippen LogP contribution >= 0.6 is 15.9 Å². The average Bonchev–Trinajstić information content (AvgIpc) is 3.00. The summed E-state index contributed by atoms with van der Waals surface area (Å²) in [6.07, 6.45) is 0.701. The third kappa shape index (κ3) is 3.28. The van der Waals surface area contributed by atoms with Crippen LogP contribution < -0.4 is 4.72 Å². The second-order valence-corrected chi connectivity index (χ2v) is 6.35. The van der Waals surface area contributed by atoms with Crippen LogP contribution in [0.3, 0.4) is 0 Å². The Bertz CT molecular complexity index is 471. The molecule has 1 aliphatic rings. The SMILES string of the molecule is O=S(=O)(NCCc1cccc(Br)c1)N1CC1. The fourth-order valence-corrected chi connectivity index (χ4v) is 2.94. The van der Waals surface area contributed by atoms with Crippen molar-refractivity contribution >= 4 is 26.1 Å². The van der Waals surface area contributed by atoms with Gasteiger partial charge in [-0.2, -0.15) is 12.7 Å².